The zero-order chi connectivity index (χ0) is 10.8. The Hall–Kier alpha value is -0.470. The first-order valence-corrected chi connectivity index (χ1v) is 6.03. The Kier molecular flexibility index (Phi) is 3.28. The molecule has 3 nitrogen and oxygen atoms in total. The van der Waals surface area contributed by atoms with Gasteiger partial charge in [-0.3, -0.25) is 0 Å². The summed E-state index contributed by atoms with van der Waals surface area (Å²) in [7, 11) is -3.42. The Bertz CT molecular complexity index is 290. The van der Waals surface area contributed by atoms with Crippen LogP contribution < -0.4 is 5.30 Å². The molecular weight excluding hydrogens is 199 g/mol. The molecule has 1 rings (SSSR count). The monoisotopic (exact) mass is 215 g/mol. The highest BCUT2D eigenvalue weighted by atomic mass is 31.2. The lowest BCUT2D eigenvalue weighted by molar-refractivity contribution is 0.100. The van der Waals surface area contributed by atoms with Crippen molar-refractivity contribution >= 4 is 13.2 Å². The predicted octanol–water partition coefficient (Wildman–Crippen LogP) is 1.87. The molecule has 0 spiro atoms. The van der Waals surface area contributed by atoms with Crippen LogP contribution in [-0.4, -0.2) is 15.4 Å². The first-order valence-electron chi connectivity index (χ1n) is 4.42. The van der Waals surface area contributed by atoms with Gasteiger partial charge in [-0.15, -0.1) is 0 Å². The van der Waals surface area contributed by atoms with Crippen LogP contribution in [0.4, 0.5) is 0 Å². The average molecular weight is 215 g/mol. The summed E-state index contributed by atoms with van der Waals surface area (Å²) in [6, 6.07) is 8.63. The highest BCUT2D eigenvalue weighted by molar-refractivity contribution is 7.67. The van der Waals surface area contributed by atoms with E-state index in [1.54, 1.807) is 45.0 Å². The van der Waals surface area contributed by atoms with Gasteiger partial charge in [0.25, 0.3) is 0 Å². The van der Waals surface area contributed by atoms with Crippen molar-refractivity contribution in [2.75, 3.05) is 0 Å². The lowest BCUT2D eigenvalue weighted by Crippen LogP contribution is -2.24. The molecule has 0 radical (unpaired) electrons. The van der Waals surface area contributed by atoms with Crippen LogP contribution >= 0.6 is 7.94 Å². The molecular formula is C10H16O3P+. The minimum atomic E-state index is -3.42. The first kappa shape index (κ1) is 11.6. The SMILES string of the molecule is CC(C)(C)O[P+](O)(O)c1ccccc1. The molecule has 0 aliphatic heterocycles. The minimum Gasteiger partial charge on any atom is -0.188 e. The molecule has 14 heavy (non-hydrogen) atoms. The minimum absolute atomic E-state index is 0.440. The first-order chi connectivity index (χ1) is 6.31. The third-order valence-electron chi connectivity index (χ3n) is 1.49. The molecule has 0 amide bonds. The van der Waals surface area contributed by atoms with E-state index in [1.807, 2.05) is 6.07 Å². The van der Waals surface area contributed by atoms with Gasteiger partial charge in [0.05, 0.1) is 0 Å². The smallest absolute Gasteiger partial charge is 0.188 e. The van der Waals surface area contributed by atoms with E-state index in [1.165, 1.54) is 0 Å². The van der Waals surface area contributed by atoms with E-state index in [-0.39, 0.29) is 0 Å². The Balaban J connectivity index is 2.86. The van der Waals surface area contributed by atoms with Gasteiger partial charge < -0.3 is 0 Å². The normalized spacial score (nSPS) is 12.9. The number of hydrogen-bond acceptors (Lipinski definition) is 3. The summed E-state index contributed by atoms with van der Waals surface area (Å²) in [5.41, 5.74) is -0.562. The molecule has 0 aliphatic rings. The third-order valence-corrected chi connectivity index (χ3v) is 3.27. The van der Waals surface area contributed by atoms with Crippen molar-refractivity contribution in [1.29, 1.82) is 0 Å². The van der Waals surface area contributed by atoms with E-state index in [2.05, 4.69) is 0 Å². The molecule has 1 aromatic rings. The Labute approximate surface area is 84.9 Å². The van der Waals surface area contributed by atoms with Gasteiger partial charge in [-0.2, -0.15) is 14.3 Å². The van der Waals surface area contributed by atoms with Crippen LogP contribution in [0.5, 0.6) is 0 Å². The van der Waals surface area contributed by atoms with E-state index in [4.69, 9.17) is 4.52 Å². The van der Waals surface area contributed by atoms with Gasteiger partial charge in [0.15, 0.2) is 5.30 Å². The van der Waals surface area contributed by atoms with Crippen LogP contribution in [0, 0.1) is 0 Å². The maximum absolute atomic E-state index is 9.77. The van der Waals surface area contributed by atoms with Crippen molar-refractivity contribution in [2.24, 2.45) is 0 Å². The van der Waals surface area contributed by atoms with Gasteiger partial charge in [-0.05, 0) is 32.9 Å². The van der Waals surface area contributed by atoms with E-state index >= 15 is 0 Å². The van der Waals surface area contributed by atoms with E-state index in [0.717, 1.165) is 0 Å². The molecule has 0 aliphatic carbocycles. The molecule has 0 saturated heterocycles. The van der Waals surface area contributed by atoms with Crippen molar-refractivity contribution in [1.82, 2.24) is 0 Å². The van der Waals surface area contributed by atoms with E-state index in [9.17, 15) is 9.79 Å². The molecule has 1 aromatic carbocycles. The molecule has 0 bridgehead atoms. The second-order valence-corrected chi connectivity index (χ2v) is 5.87. The highest BCUT2D eigenvalue weighted by Gasteiger charge is 2.43. The number of hydrogen-bond donors (Lipinski definition) is 2. The van der Waals surface area contributed by atoms with Crippen LogP contribution in [0.3, 0.4) is 0 Å². The molecule has 0 unspecified atom stereocenters. The van der Waals surface area contributed by atoms with Crippen LogP contribution in [0.15, 0.2) is 30.3 Å². The summed E-state index contributed by atoms with van der Waals surface area (Å²) in [6.07, 6.45) is 0. The van der Waals surface area contributed by atoms with Crippen molar-refractivity contribution in [2.45, 2.75) is 26.4 Å². The van der Waals surface area contributed by atoms with E-state index < -0.39 is 13.5 Å². The molecule has 4 heteroatoms. The van der Waals surface area contributed by atoms with Gasteiger partial charge in [0.2, 0.25) is 0 Å². The third kappa shape index (κ3) is 3.35. The number of rotatable bonds is 2. The summed E-state index contributed by atoms with van der Waals surface area (Å²) < 4.78 is 5.23. The second-order valence-electron chi connectivity index (χ2n) is 4.08. The fourth-order valence-electron chi connectivity index (χ4n) is 1.06. The topological polar surface area (TPSA) is 49.7 Å². The summed E-state index contributed by atoms with van der Waals surface area (Å²) in [6.45, 7) is 5.37. The largest absolute Gasteiger partial charge is 0.444 e. The second kappa shape index (κ2) is 3.95. The fourth-order valence-corrected chi connectivity index (χ4v) is 2.49. The van der Waals surface area contributed by atoms with Gasteiger partial charge in [-0.1, -0.05) is 18.2 Å². The van der Waals surface area contributed by atoms with E-state index in [0.29, 0.717) is 5.30 Å². The molecule has 2 N–H and O–H groups in total. The summed E-state index contributed by atoms with van der Waals surface area (Å²) >= 11 is 0. The standard InChI is InChI=1S/C10H16O3P/c1-10(2,3)13-14(11,12)9-7-5-4-6-8-9/h4-8,11-12H,1-3H3/q+1. The Morgan fingerprint density at radius 2 is 1.57 bits per heavy atom. The molecule has 0 fully saturated rings. The zero-order valence-electron chi connectivity index (χ0n) is 8.64. The quantitative estimate of drug-likeness (QED) is 0.740. The van der Waals surface area contributed by atoms with Crippen LogP contribution in [-0.2, 0) is 4.52 Å². The Morgan fingerprint density at radius 1 is 1.07 bits per heavy atom. The maximum atomic E-state index is 9.77. The summed E-state index contributed by atoms with van der Waals surface area (Å²) in [5, 5.41) is 0.440. The molecule has 0 aromatic heterocycles. The summed E-state index contributed by atoms with van der Waals surface area (Å²) in [5.74, 6) is 0. The zero-order valence-corrected chi connectivity index (χ0v) is 9.53. The van der Waals surface area contributed by atoms with Crippen molar-refractivity contribution in [3.8, 4) is 0 Å². The molecule has 0 saturated carbocycles. The van der Waals surface area contributed by atoms with Gasteiger partial charge in [0, 0.05) is 0 Å². The molecule has 0 heterocycles. The molecule has 78 valence electrons. The average Bonchev–Trinajstić information content (AvgIpc) is 2.01. The lowest BCUT2D eigenvalue weighted by atomic mass is 10.2. The summed E-state index contributed by atoms with van der Waals surface area (Å²) in [4.78, 5) is 19.5. The van der Waals surface area contributed by atoms with Crippen LogP contribution in [0.25, 0.3) is 0 Å². The van der Waals surface area contributed by atoms with Gasteiger partial charge in [0.1, 0.15) is 5.60 Å². The lowest BCUT2D eigenvalue weighted by Gasteiger charge is -2.20. The van der Waals surface area contributed by atoms with Crippen LogP contribution in [0.1, 0.15) is 20.8 Å². The predicted molar refractivity (Wildman–Crippen MR) is 58.3 cm³/mol. The van der Waals surface area contributed by atoms with Crippen molar-refractivity contribution < 1.29 is 14.3 Å². The van der Waals surface area contributed by atoms with Gasteiger partial charge >= 0.3 is 7.94 Å². The van der Waals surface area contributed by atoms with Crippen molar-refractivity contribution in [3.05, 3.63) is 30.3 Å². The van der Waals surface area contributed by atoms with Crippen molar-refractivity contribution in [3.63, 3.8) is 0 Å². The maximum Gasteiger partial charge on any atom is 0.444 e. The molecule has 0 atom stereocenters. The van der Waals surface area contributed by atoms with Crippen LogP contribution in [0.2, 0.25) is 0 Å². The van der Waals surface area contributed by atoms with Gasteiger partial charge in [-0.25, -0.2) is 0 Å². The fraction of sp³-hybridized carbons (Fsp3) is 0.400. The Morgan fingerprint density at radius 3 is 2.00 bits per heavy atom. The number of benzene rings is 1. The highest BCUT2D eigenvalue weighted by Crippen LogP contribution is 2.52.